The van der Waals surface area contributed by atoms with Crippen molar-refractivity contribution in [3.63, 3.8) is 0 Å². The van der Waals surface area contributed by atoms with Gasteiger partial charge in [-0.3, -0.25) is 10.1 Å². The lowest BCUT2D eigenvalue weighted by molar-refractivity contribution is -0.118. The zero-order chi connectivity index (χ0) is 21.6. The van der Waals surface area contributed by atoms with E-state index >= 15 is 0 Å². The number of para-hydroxylation sites is 1. The maximum atomic E-state index is 12.4. The number of carbonyl (C=O) groups excluding carboxylic acids is 1. The summed E-state index contributed by atoms with van der Waals surface area (Å²) in [5.74, 6) is 2.24. The fourth-order valence-corrected chi connectivity index (χ4v) is 5.52. The molecule has 0 spiro atoms. The van der Waals surface area contributed by atoms with Gasteiger partial charge in [0, 0.05) is 18.0 Å². The largest absolute Gasteiger partial charge is 0.481 e. The van der Waals surface area contributed by atoms with Gasteiger partial charge in [-0.25, -0.2) is 4.98 Å². The van der Waals surface area contributed by atoms with Crippen molar-refractivity contribution in [3.8, 4) is 5.75 Å². The molecule has 3 heterocycles. The molecular weight excluding hydrogens is 430 g/mol. The molecule has 4 rings (SSSR count). The summed E-state index contributed by atoms with van der Waals surface area (Å²) < 4.78 is 6.70. The molecule has 31 heavy (non-hydrogen) atoms. The summed E-state index contributed by atoms with van der Waals surface area (Å²) in [6.45, 7) is 5.21. The van der Waals surface area contributed by atoms with E-state index in [9.17, 15) is 4.79 Å². The Labute approximate surface area is 190 Å². The van der Waals surface area contributed by atoms with Crippen LogP contribution in [-0.4, -0.2) is 46.0 Å². The van der Waals surface area contributed by atoms with Crippen molar-refractivity contribution in [1.82, 2.24) is 15.2 Å². The van der Waals surface area contributed by atoms with E-state index in [4.69, 9.17) is 9.72 Å². The number of nitrogens with zero attached hydrogens (tertiary/aromatic N) is 4. The monoisotopic (exact) mass is 457 g/mol. The predicted octanol–water partition coefficient (Wildman–Crippen LogP) is 4.98. The van der Waals surface area contributed by atoms with Crippen LogP contribution in [0.15, 0.2) is 34.7 Å². The van der Waals surface area contributed by atoms with Gasteiger partial charge < -0.3 is 9.64 Å². The van der Waals surface area contributed by atoms with Gasteiger partial charge in [0.15, 0.2) is 10.9 Å². The third kappa shape index (κ3) is 5.27. The van der Waals surface area contributed by atoms with Crippen molar-refractivity contribution in [2.45, 2.75) is 49.9 Å². The van der Waals surface area contributed by atoms with Crippen LogP contribution < -0.4 is 15.0 Å². The Bertz CT molecular complexity index is 1040. The molecule has 1 amide bonds. The molecule has 1 fully saturated rings. The molecular formula is C22H27N5O2S2. The number of thioether (sulfide) groups is 1. The molecule has 1 aromatic carbocycles. The van der Waals surface area contributed by atoms with Crippen LogP contribution in [0.2, 0.25) is 0 Å². The van der Waals surface area contributed by atoms with Crippen LogP contribution in [0.5, 0.6) is 5.75 Å². The van der Waals surface area contributed by atoms with E-state index in [0.29, 0.717) is 16.9 Å². The highest BCUT2D eigenvalue weighted by Gasteiger charge is 2.22. The molecule has 1 atom stereocenters. The first kappa shape index (κ1) is 21.8. The van der Waals surface area contributed by atoms with E-state index in [1.807, 2.05) is 18.2 Å². The number of nitrogens with one attached hydrogen (secondary N) is 1. The molecule has 7 nitrogen and oxygen atoms in total. The molecule has 3 aromatic rings. The quantitative estimate of drug-likeness (QED) is 0.377. The maximum Gasteiger partial charge on any atom is 0.264 e. The summed E-state index contributed by atoms with van der Waals surface area (Å²) in [6, 6.07) is 10.5. The molecule has 1 N–H and O–H groups in total. The molecule has 1 aliphatic heterocycles. The highest BCUT2D eigenvalue weighted by atomic mass is 32.2. The summed E-state index contributed by atoms with van der Waals surface area (Å²) in [6.07, 6.45) is 4.79. The molecule has 1 saturated heterocycles. The number of pyridine rings is 1. The van der Waals surface area contributed by atoms with E-state index in [0.717, 1.165) is 39.8 Å². The maximum absolute atomic E-state index is 12.4. The molecule has 1 aliphatic rings. The van der Waals surface area contributed by atoms with Crippen molar-refractivity contribution < 1.29 is 9.53 Å². The zero-order valence-electron chi connectivity index (χ0n) is 17.8. The van der Waals surface area contributed by atoms with Crippen LogP contribution in [0.25, 0.3) is 10.9 Å². The second kappa shape index (κ2) is 10.3. The smallest absolute Gasteiger partial charge is 0.264 e. The van der Waals surface area contributed by atoms with Crippen LogP contribution in [0.4, 0.5) is 10.9 Å². The SMILES string of the molecule is CCSc1nnc(NC(=O)COc2cccc3ccc(N4CCCCC4CC)nc23)s1. The number of ether oxygens (including phenoxy) is 1. The van der Waals surface area contributed by atoms with Gasteiger partial charge >= 0.3 is 0 Å². The third-order valence-electron chi connectivity index (χ3n) is 5.34. The standard InChI is InChI=1S/C22H27N5O2S2/c1-3-16-9-5-6-13-27(16)18-12-11-15-8-7-10-17(20(15)23-18)29-14-19(28)24-21-25-26-22(31-21)30-4-2/h7-8,10-12,16H,3-6,9,13-14H2,1-2H3,(H,24,25,28). The minimum Gasteiger partial charge on any atom is -0.481 e. The lowest BCUT2D eigenvalue weighted by atomic mass is 10.00. The summed E-state index contributed by atoms with van der Waals surface area (Å²) in [4.78, 5) is 19.7. The molecule has 0 bridgehead atoms. The second-order valence-electron chi connectivity index (χ2n) is 7.39. The van der Waals surface area contributed by atoms with Crippen molar-refractivity contribution in [3.05, 3.63) is 30.3 Å². The molecule has 164 valence electrons. The number of rotatable bonds is 8. The van der Waals surface area contributed by atoms with Gasteiger partial charge in [0.1, 0.15) is 17.1 Å². The fraction of sp³-hybridized carbons (Fsp3) is 0.455. The van der Waals surface area contributed by atoms with E-state index in [2.05, 4.69) is 46.4 Å². The van der Waals surface area contributed by atoms with Crippen molar-refractivity contribution >= 4 is 50.9 Å². The zero-order valence-corrected chi connectivity index (χ0v) is 19.5. The highest BCUT2D eigenvalue weighted by Crippen LogP contribution is 2.30. The first-order valence-corrected chi connectivity index (χ1v) is 12.5. The van der Waals surface area contributed by atoms with Crippen LogP contribution >= 0.6 is 23.1 Å². The first-order chi connectivity index (χ1) is 15.2. The molecule has 9 heteroatoms. The summed E-state index contributed by atoms with van der Waals surface area (Å²) in [5, 5.41) is 12.3. The molecule has 2 aromatic heterocycles. The van der Waals surface area contributed by atoms with Gasteiger partial charge in [-0.1, -0.05) is 49.1 Å². The normalized spacial score (nSPS) is 16.5. The van der Waals surface area contributed by atoms with Gasteiger partial charge in [0.05, 0.1) is 0 Å². The minimum atomic E-state index is -0.264. The Hall–Kier alpha value is -2.39. The van der Waals surface area contributed by atoms with Crippen LogP contribution in [0, 0.1) is 0 Å². The number of hydrogen-bond donors (Lipinski definition) is 1. The Morgan fingerprint density at radius 3 is 3.00 bits per heavy atom. The Kier molecular flexibility index (Phi) is 7.24. The van der Waals surface area contributed by atoms with E-state index in [1.165, 1.54) is 30.6 Å². The van der Waals surface area contributed by atoms with Gasteiger partial charge in [0.25, 0.3) is 5.91 Å². The van der Waals surface area contributed by atoms with Crippen LogP contribution in [-0.2, 0) is 4.79 Å². The lowest BCUT2D eigenvalue weighted by Gasteiger charge is -2.36. The first-order valence-electron chi connectivity index (χ1n) is 10.7. The number of benzene rings is 1. The average Bonchev–Trinajstić information content (AvgIpc) is 3.24. The second-order valence-corrected chi connectivity index (χ2v) is 9.88. The Morgan fingerprint density at radius 2 is 2.16 bits per heavy atom. The molecule has 0 saturated carbocycles. The van der Waals surface area contributed by atoms with Gasteiger partial charge in [-0.15, -0.1) is 10.2 Å². The third-order valence-corrected chi connectivity index (χ3v) is 7.19. The predicted molar refractivity (Wildman–Crippen MR) is 127 cm³/mol. The summed E-state index contributed by atoms with van der Waals surface area (Å²) in [5.41, 5.74) is 0.783. The number of amides is 1. The summed E-state index contributed by atoms with van der Waals surface area (Å²) >= 11 is 2.97. The van der Waals surface area contributed by atoms with E-state index in [1.54, 1.807) is 11.8 Å². The van der Waals surface area contributed by atoms with E-state index in [-0.39, 0.29) is 12.5 Å². The number of piperidine rings is 1. The van der Waals surface area contributed by atoms with Crippen LogP contribution in [0.1, 0.15) is 39.5 Å². The van der Waals surface area contributed by atoms with Gasteiger partial charge in [-0.05, 0) is 49.6 Å². The Balaban J connectivity index is 1.47. The fourth-order valence-electron chi connectivity index (χ4n) is 3.85. The number of anilines is 2. The van der Waals surface area contributed by atoms with Gasteiger partial charge in [0.2, 0.25) is 5.13 Å². The van der Waals surface area contributed by atoms with Crippen molar-refractivity contribution in [1.29, 1.82) is 0 Å². The number of aromatic nitrogens is 3. The number of hydrogen-bond acceptors (Lipinski definition) is 8. The molecule has 0 radical (unpaired) electrons. The van der Waals surface area contributed by atoms with Gasteiger partial charge in [-0.2, -0.15) is 0 Å². The highest BCUT2D eigenvalue weighted by molar-refractivity contribution is 8.01. The molecule has 0 aliphatic carbocycles. The van der Waals surface area contributed by atoms with Crippen molar-refractivity contribution in [2.75, 3.05) is 29.1 Å². The number of carbonyl (C=O) groups is 1. The minimum absolute atomic E-state index is 0.109. The molecule has 1 unspecified atom stereocenters. The topological polar surface area (TPSA) is 80.2 Å². The van der Waals surface area contributed by atoms with Crippen LogP contribution in [0.3, 0.4) is 0 Å². The lowest BCUT2D eigenvalue weighted by Crippen LogP contribution is -2.39. The Morgan fingerprint density at radius 1 is 1.26 bits per heavy atom. The average molecular weight is 458 g/mol. The van der Waals surface area contributed by atoms with E-state index < -0.39 is 0 Å². The summed E-state index contributed by atoms with van der Waals surface area (Å²) in [7, 11) is 0. The number of fused-ring (bicyclic) bond motifs is 1. The van der Waals surface area contributed by atoms with Crippen molar-refractivity contribution in [2.24, 2.45) is 0 Å².